The van der Waals surface area contributed by atoms with Crippen LogP contribution in [-0.2, 0) is 14.3 Å². The van der Waals surface area contributed by atoms with Gasteiger partial charge in [0.05, 0.1) is 12.6 Å². The van der Waals surface area contributed by atoms with Crippen LogP contribution in [0.4, 0.5) is 0 Å². The van der Waals surface area contributed by atoms with Crippen LogP contribution >= 0.6 is 0 Å². The second-order valence-electron chi connectivity index (χ2n) is 8.99. The largest absolute Gasteiger partial charge is 0.379 e. The van der Waals surface area contributed by atoms with Gasteiger partial charge in [0.15, 0.2) is 0 Å². The molecule has 0 aromatic heterocycles. The zero-order valence-corrected chi connectivity index (χ0v) is 15.8. The Hall–Kier alpha value is -1.10. The number of carbonyl (C=O) groups is 2. The molecule has 4 saturated carbocycles. The van der Waals surface area contributed by atoms with E-state index in [1.54, 1.807) is 0 Å². The normalized spacial score (nSPS) is 32.8. The lowest BCUT2D eigenvalue weighted by Gasteiger charge is -2.56. The van der Waals surface area contributed by atoms with Gasteiger partial charge in [0, 0.05) is 19.6 Å². The van der Waals surface area contributed by atoms with Crippen LogP contribution in [0.5, 0.6) is 0 Å². The zero-order chi connectivity index (χ0) is 17.9. The Kier molecular flexibility index (Phi) is 6.03. The van der Waals surface area contributed by atoms with Gasteiger partial charge in [-0.15, -0.1) is 0 Å². The van der Waals surface area contributed by atoms with Crippen LogP contribution in [0.1, 0.15) is 65.2 Å². The quantitative estimate of drug-likeness (QED) is 0.628. The first-order valence-corrected chi connectivity index (χ1v) is 10.1. The van der Waals surface area contributed by atoms with Crippen molar-refractivity contribution in [1.82, 2.24) is 10.6 Å². The van der Waals surface area contributed by atoms with Crippen LogP contribution in [0.2, 0.25) is 0 Å². The van der Waals surface area contributed by atoms with Crippen LogP contribution in [0.25, 0.3) is 0 Å². The van der Waals surface area contributed by atoms with Crippen molar-refractivity contribution < 1.29 is 14.3 Å². The number of rotatable bonds is 9. The second kappa shape index (κ2) is 8.07. The minimum absolute atomic E-state index is 0.0558. The standard InChI is InChI=1S/C20H34N2O3/c1-14(2)25-5-3-4-21-19(24)13-22-18(23)12-20-9-15-6-16(10-20)8-17(7-15)11-20/h14-17H,3-13H2,1-2H3,(H,21,24)(H,22,23). The molecule has 0 saturated heterocycles. The molecule has 2 N–H and O–H groups in total. The minimum atomic E-state index is -0.108. The lowest BCUT2D eigenvalue weighted by atomic mass is 9.49. The van der Waals surface area contributed by atoms with Crippen LogP contribution in [-0.4, -0.2) is 37.6 Å². The predicted octanol–water partition coefficient (Wildman–Crippen LogP) is 2.64. The van der Waals surface area contributed by atoms with Gasteiger partial charge in [-0.1, -0.05) is 0 Å². The third kappa shape index (κ3) is 5.19. The summed E-state index contributed by atoms with van der Waals surface area (Å²) in [5.41, 5.74) is 0.240. The van der Waals surface area contributed by atoms with E-state index in [1.807, 2.05) is 13.8 Å². The maximum absolute atomic E-state index is 12.4. The number of carbonyl (C=O) groups excluding carboxylic acids is 2. The van der Waals surface area contributed by atoms with Crippen molar-refractivity contribution in [3.63, 3.8) is 0 Å². The molecule has 0 spiro atoms. The van der Waals surface area contributed by atoms with E-state index in [4.69, 9.17) is 4.74 Å². The lowest BCUT2D eigenvalue weighted by molar-refractivity contribution is -0.131. The fraction of sp³-hybridized carbons (Fsp3) is 0.900. The average Bonchev–Trinajstić information content (AvgIpc) is 2.50. The summed E-state index contributed by atoms with van der Waals surface area (Å²) >= 11 is 0. The molecule has 0 aromatic rings. The maximum Gasteiger partial charge on any atom is 0.239 e. The Labute approximate surface area is 151 Å². The Balaban J connectivity index is 1.32. The monoisotopic (exact) mass is 350 g/mol. The smallest absolute Gasteiger partial charge is 0.239 e. The molecule has 4 bridgehead atoms. The number of amides is 2. The molecule has 4 aliphatic carbocycles. The van der Waals surface area contributed by atoms with Gasteiger partial charge in [-0.25, -0.2) is 0 Å². The first kappa shape index (κ1) is 18.7. The summed E-state index contributed by atoms with van der Waals surface area (Å²) < 4.78 is 5.44. The Morgan fingerprint density at radius 2 is 1.60 bits per heavy atom. The van der Waals surface area contributed by atoms with E-state index in [1.165, 1.54) is 38.5 Å². The van der Waals surface area contributed by atoms with E-state index in [0.29, 0.717) is 19.6 Å². The van der Waals surface area contributed by atoms with Gasteiger partial charge in [-0.05, 0) is 82.0 Å². The summed E-state index contributed by atoms with van der Waals surface area (Å²) in [5.74, 6) is 2.52. The Morgan fingerprint density at radius 1 is 1.00 bits per heavy atom. The molecule has 4 rings (SSSR count). The molecule has 0 heterocycles. The van der Waals surface area contributed by atoms with Gasteiger partial charge in [0.1, 0.15) is 0 Å². The number of hydrogen-bond donors (Lipinski definition) is 2. The van der Waals surface area contributed by atoms with Crippen LogP contribution < -0.4 is 10.6 Å². The first-order valence-electron chi connectivity index (χ1n) is 10.1. The molecule has 0 aromatic carbocycles. The Bertz CT molecular complexity index is 454. The van der Waals surface area contributed by atoms with Crippen molar-refractivity contribution in [2.24, 2.45) is 23.2 Å². The van der Waals surface area contributed by atoms with Crippen LogP contribution in [0.15, 0.2) is 0 Å². The number of ether oxygens (including phenoxy) is 1. The molecule has 5 heteroatoms. The van der Waals surface area contributed by atoms with E-state index >= 15 is 0 Å². The molecule has 25 heavy (non-hydrogen) atoms. The number of nitrogens with one attached hydrogen (secondary N) is 2. The van der Waals surface area contributed by atoms with Gasteiger partial charge in [0.2, 0.25) is 11.8 Å². The van der Waals surface area contributed by atoms with E-state index in [0.717, 1.165) is 24.2 Å². The summed E-state index contributed by atoms with van der Waals surface area (Å²) in [7, 11) is 0. The molecule has 0 unspecified atom stereocenters. The first-order chi connectivity index (χ1) is 11.9. The molecule has 4 aliphatic rings. The highest BCUT2D eigenvalue weighted by Gasteiger charge is 2.51. The third-order valence-electron chi connectivity index (χ3n) is 6.24. The SMILES string of the molecule is CC(C)OCCCNC(=O)CNC(=O)CC12CC3CC(CC(C3)C1)C2. The van der Waals surface area contributed by atoms with E-state index in [-0.39, 0.29) is 29.9 Å². The highest BCUT2D eigenvalue weighted by molar-refractivity contribution is 5.84. The van der Waals surface area contributed by atoms with Gasteiger partial charge in [-0.3, -0.25) is 9.59 Å². The van der Waals surface area contributed by atoms with Crippen molar-refractivity contribution in [3.8, 4) is 0 Å². The topological polar surface area (TPSA) is 67.4 Å². The van der Waals surface area contributed by atoms with Gasteiger partial charge < -0.3 is 15.4 Å². The van der Waals surface area contributed by atoms with Crippen molar-refractivity contribution >= 4 is 11.8 Å². The molecule has 0 atom stereocenters. The summed E-state index contributed by atoms with van der Waals surface area (Å²) in [5, 5.41) is 5.67. The van der Waals surface area contributed by atoms with Gasteiger partial charge in [-0.2, -0.15) is 0 Å². The average molecular weight is 351 g/mol. The summed E-state index contributed by atoms with van der Waals surface area (Å²) in [4.78, 5) is 24.2. The molecule has 5 nitrogen and oxygen atoms in total. The van der Waals surface area contributed by atoms with Crippen molar-refractivity contribution in [3.05, 3.63) is 0 Å². The molecule has 0 radical (unpaired) electrons. The summed E-state index contributed by atoms with van der Waals surface area (Å²) in [6.45, 7) is 5.33. The fourth-order valence-electron chi connectivity index (χ4n) is 5.77. The Morgan fingerprint density at radius 3 is 2.16 bits per heavy atom. The van der Waals surface area contributed by atoms with Crippen molar-refractivity contribution in [2.45, 2.75) is 71.3 Å². The van der Waals surface area contributed by atoms with Crippen molar-refractivity contribution in [2.75, 3.05) is 19.7 Å². The lowest BCUT2D eigenvalue weighted by Crippen LogP contribution is -2.48. The molecule has 142 valence electrons. The summed E-state index contributed by atoms with van der Waals surface area (Å²) in [6.07, 6.45) is 9.51. The predicted molar refractivity (Wildman–Crippen MR) is 96.9 cm³/mol. The number of hydrogen-bond acceptors (Lipinski definition) is 3. The van der Waals surface area contributed by atoms with E-state index in [9.17, 15) is 9.59 Å². The molecular weight excluding hydrogens is 316 g/mol. The second-order valence-corrected chi connectivity index (χ2v) is 8.99. The maximum atomic E-state index is 12.4. The van der Waals surface area contributed by atoms with Crippen molar-refractivity contribution in [1.29, 1.82) is 0 Å². The molecular formula is C20H34N2O3. The van der Waals surface area contributed by atoms with Crippen LogP contribution in [0, 0.1) is 23.2 Å². The van der Waals surface area contributed by atoms with Gasteiger partial charge >= 0.3 is 0 Å². The fourth-order valence-corrected chi connectivity index (χ4v) is 5.77. The molecule has 0 aliphatic heterocycles. The van der Waals surface area contributed by atoms with E-state index in [2.05, 4.69) is 10.6 Å². The zero-order valence-electron chi connectivity index (χ0n) is 15.8. The van der Waals surface area contributed by atoms with Gasteiger partial charge in [0.25, 0.3) is 0 Å². The third-order valence-corrected chi connectivity index (χ3v) is 6.24. The highest BCUT2D eigenvalue weighted by atomic mass is 16.5. The summed E-state index contributed by atoms with van der Waals surface area (Å²) in [6, 6.07) is 0. The highest BCUT2D eigenvalue weighted by Crippen LogP contribution is 2.61. The van der Waals surface area contributed by atoms with E-state index < -0.39 is 0 Å². The molecule has 2 amide bonds. The molecule has 4 fully saturated rings. The van der Waals surface area contributed by atoms with Crippen LogP contribution in [0.3, 0.4) is 0 Å². The minimum Gasteiger partial charge on any atom is -0.379 e.